The second-order valence-electron chi connectivity index (χ2n) is 4.14. The van der Waals surface area contributed by atoms with Gasteiger partial charge in [0, 0.05) is 23.6 Å². The monoisotopic (exact) mass is 263 g/mol. The van der Waals surface area contributed by atoms with Crippen molar-refractivity contribution in [1.82, 2.24) is 4.90 Å². The van der Waals surface area contributed by atoms with Gasteiger partial charge in [0.25, 0.3) is 0 Å². The Balaban J connectivity index is 1.96. The maximum absolute atomic E-state index is 11.8. The number of thioether (sulfide) groups is 1. The average Bonchev–Trinajstić information content (AvgIpc) is 2.73. The maximum Gasteiger partial charge on any atom is 0.230 e. The zero-order valence-electron chi connectivity index (χ0n) is 10.2. The molecule has 0 spiro atoms. The molecule has 0 saturated heterocycles. The fourth-order valence-corrected chi connectivity index (χ4v) is 2.68. The first-order chi connectivity index (χ1) is 8.81. The van der Waals surface area contributed by atoms with Crippen LogP contribution in [0.1, 0.15) is 12.0 Å². The minimum Gasteiger partial charge on any atom is -0.396 e. The predicted molar refractivity (Wildman–Crippen MR) is 74.1 cm³/mol. The Hall–Kier alpha value is -1.26. The van der Waals surface area contributed by atoms with E-state index in [1.807, 2.05) is 41.3 Å². The van der Waals surface area contributed by atoms with E-state index in [-0.39, 0.29) is 12.5 Å². The predicted octanol–water partition coefficient (Wildman–Crippen LogP) is 2.03. The van der Waals surface area contributed by atoms with Gasteiger partial charge >= 0.3 is 0 Å². The molecule has 3 nitrogen and oxygen atoms in total. The van der Waals surface area contributed by atoms with Crippen molar-refractivity contribution in [3.63, 3.8) is 0 Å². The SMILES string of the molecule is O=C1CC=C(CSCCO)N1Cc1ccccc1. The van der Waals surface area contributed by atoms with Gasteiger partial charge in [-0.2, -0.15) is 11.8 Å². The van der Waals surface area contributed by atoms with Crippen LogP contribution in [0, 0.1) is 0 Å². The molecule has 0 aromatic heterocycles. The summed E-state index contributed by atoms with van der Waals surface area (Å²) in [7, 11) is 0. The summed E-state index contributed by atoms with van der Waals surface area (Å²) in [6.07, 6.45) is 2.50. The second-order valence-corrected chi connectivity index (χ2v) is 5.25. The van der Waals surface area contributed by atoms with Crippen LogP contribution in [0.4, 0.5) is 0 Å². The Kier molecular flexibility index (Phi) is 4.84. The Morgan fingerprint density at radius 2 is 2.06 bits per heavy atom. The third-order valence-corrected chi connectivity index (χ3v) is 3.80. The highest BCUT2D eigenvalue weighted by molar-refractivity contribution is 7.99. The van der Waals surface area contributed by atoms with Crippen LogP contribution in [0.25, 0.3) is 0 Å². The molecule has 1 aliphatic rings. The first-order valence-electron chi connectivity index (χ1n) is 6.03. The van der Waals surface area contributed by atoms with Gasteiger partial charge in [0.1, 0.15) is 0 Å². The zero-order valence-corrected chi connectivity index (χ0v) is 11.0. The molecule has 0 atom stereocenters. The average molecular weight is 263 g/mol. The van der Waals surface area contributed by atoms with Gasteiger partial charge in [-0.25, -0.2) is 0 Å². The zero-order chi connectivity index (χ0) is 12.8. The van der Waals surface area contributed by atoms with Crippen molar-refractivity contribution in [2.75, 3.05) is 18.1 Å². The number of hydrogen-bond donors (Lipinski definition) is 1. The van der Waals surface area contributed by atoms with Crippen molar-refractivity contribution >= 4 is 17.7 Å². The molecular weight excluding hydrogens is 246 g/mol. The molecule has 1 aliphatic heterocycles. The molecule has 1 N–H and O–H groups in total. The lowest BCUT2D eigenvalue weighted by Gasteiger charge is -2.20. The van der Waals surface area contributed by atoms with E-state index in [1.165, 1.54) is 0 Å². The summed E-state index contributed by atoms with van der Waals surface area (Å²) in [5.74, 6) is 1.67. The number of carbonyl (C=O) groups excluding carboxylic acids is 1. The largest absolute Gasteiger partial charge is 0.396 e. The molecule has 1 heterocycles. The lowest BCUT2D eigenvalue weighted by atomic mass is 10.2. The summed E-state index contributed by atoms with van der Waals surface area (Å²) in [4.78, 5) is 13.7. The van der Waals surface area contributed by atoms with E-state index in [9.17, 15) is 4.79 Å². The molecule has 2 rings (SSSR count). The van der Waals surface area contributed by atoms with Crippen molar-refractivity contribution in [3.8, 4) is 0 Å². The maximum atomic E-state index is 11.8. The number of aliphatic hydroxyl groups excluding tert-OH is 1. The molecule has 0 bridgehead atoms. The number of rotatable bonds is 6. The van der Waals surface area contributed by atoms with E-state index >= 15 is 0 Å². The molecule has 1 aromatic rings. The standard InChI is InChI=1S/C14H17NO2S/c16-8-9-18-11-13-6-7-14(17)15(13)10-12-4-2-1-3-5-12/h1-6,16H,7-11H2. The number of amides is 1. The number of carbonyl (C=O) groups is 1. The summed E-state index contributed by atoms with van der Waals surface area (Å²) in [5.41, 5.74) is 2.22. The van der Waals surface area contributed by atoms with Gasteiger partial charge in [-0.1, -0.05) is 36.4 Å². The van der Waals surface area contributed by atoms with Crippen LogP contribution in [-0.2, 0) is 11.3 Å². The van der Waals surface area contributed by atoms with Crippen molar-refractivity contribution in [2.24, 2.45) is 0 Å². The highest BCUT2D eigenvalue weighted by Crippen LogP contribution is 2.22. The van der Waals surface area contributed by atoms with Crippen LogP contribution in [0.2, 0.25) is 0 Å². The van der Waals surface area contributed by atoms with Crippen molar-refractivity contribution in [1.29, 1.82) is 0 Å². The fourth-order valence-electron chi connectivity index (χ4n) is 1.92. The van der Waals surface area contributed by atoms with Gasteiger partial charge in [0.15, 0.2) is 0 Å². The molecule has 0 saturated carbocycles. The van der Waals surface area contributed by atoms with E-state index in [1.54, 1.807) is 11.8 Å². The molecule has 0 radical (unpaired) electrons. The highest BCUT2D eigenvalue weighted by Gasteiger charge is 2.23. The third kappa shape index (κ3) is 3.37. The fraction of sp³-hybridized carbons (Fsp3) is 0.357. The molecule has 18 heavy (non-hydrogen) atoms. The Bertz CT molecular complexity index is 431. The number of benzene rings is 1. The van der Waals surface area contributed by atoms with E-state index < -0.39 is 0 Å². The quantitative estimate of drug-likeness (QED) is 0.798. The second kappa shape index (κ2) is 6.61. The minimum absolute atomic E-state index is 0.165. The molecule has 0 unspecified atom stereocenters. The van der Waals surface area contributed by atoms with Crippen molar-refractivity contribution in [3.05, 3.63) is 47.7 Å². The first-order valence-corrected chi connectivity index (χ1v) is 7.18. The molecule has 1 aromatic carbocycles. The van der Waals surface area contributed by atoms with E-state index in [4.69, 9.17) is 5.11 Å². The van der Waals surface area contributed by atoms with Gasteiger partial charge in [-0.05, 0) is 5.56 Å². The molecule has 96 valence electrons. The summed E-state index contributed by atoms with van der Waals surface area (Å²) in [5, 5.41) is 8.77. The van der Waals surface area contributed by atoms with Crippen molar-refractivity contribution in [2.45, 2.75) is 13.0 Å². The van der Waals surface area contributed by atoms with Gasteiger partial charge in [0.05, 0.1) is 13.2 Å². The summed E-state index contributed by atoms with van der Waals surface area (Å²) in [6.45, 7) is 0.829. The Labute approximate surface area is 111 Å². The summed E-state index contributed by atoms with van der Waals surface area (Å²) >= 11 is 1.65. The number of nitrogens with zero attached hydrogens (tertiary/aromatic N) is 1. The first kappa shape index (κ1) is 13.2. The van der Waals surface area contributed by atoms with Crippen LogP contribution >= 0.6 is 11.8 Å². The third-order valence-electron chi connectivity index (χ3n) is 2.83. The van der Waals surface area contributed by atoms with Gasteiger partial charge in [-0.3, -0.25) is 4.79 Å². The van der Waals surface area contributed by atoms with Gasteiger partial charge < -0.3 is 10.0 Å². The van der Waals surface area contributed by atoms with Crippen molar-refractivity contribution < 1.29 is 9.90 Å². The summed E-state index contributed by atoms with van der Waals surface area (Å²) in [6, 6.07) is 10.0. The van der Waals surface area contributed by atoms with Gasteiger partial charge in [-0.15, -0.1) is 0 Å². The number of hydrogen-bond acceptors (Lipinski definition) is 3. The van der Waals surface area contributed by atoms with Crippen LogP contribution in [0.3, 0.4) is 0 Å². The molecular formula is C14H17NO2S. The lowest BCUT2D eigenvalue weighted by Crippen LogP contribution is -2.25. The Morgan fingerprint density at radius 1 is 1.28 bits per heavy atom. The van der Waals surface area contributed by atoms with Crippen LogP contribution in [0.5, 0.6) is 0 Å². The van der Waals surface area contributed by atoms with E-state index in [2.05, 4.69) is 0 Å². The smallest absolute Gasteiger partial charge is 0.230 e. The van der Waals surface area contributed by atoms with Crippen LogP contribution in [0.15, 0.2) is 42.1 Å². The molecule has 0 fully saturated rings. The summed E-state index contributed by atoms with van der Waals surface area (Å²) < 4.78 is 0. The topological polar surface area (TPSA) is 40.5 Å². The molecule has 4 heteroatoms. The van der Waals surface area contributed by atoms with Gasteiger partial charge in [0.2, 0.25) is 5.91 Å². The number of aliphatic hydroxyl groups is 1. The highest BCUT2D eigenvalue weighted by atomic mass is 32.2. The lowest BCUT2D eigenvalue weighted by molar-refractivity contribution is -0.127. The van der Waals surface area contributed by atoms with Crippen LogP contribution < -0.4 is 0 Å². The molecule has 0 aliphatic carbocycles. The van der Waals surface area contributed by atoms with E-state index in [0.717, 1.165) is 17.0 Å². The van der Waals surface area contributed by atoms with E-state index in [0.29, 0.717) is 18.7 Å². The minimum atomic E-state index is 0.165. The molecule has 1 amide bonds. The van der Waals surface area contributed by atoms with Crippen LogP contribution in [-0.4, -0.2) is 34.0 Å². The normalized spacial score (nSPS) is 15.1. The Morgan fingerprint density at radius 3 is 2.78 bits per heavy atom.